The fourth-order valence-corrected chi connectivity index (χ4v) is 2.42. The molecule has 0 aliphatic heterocycles. The van der Waals surface area contributed by atoms with E-state index in [2.05, 4.69) is 6.92 Å². The second-order valence-corrected chi connectivity index (χ2v) is 7.80. The van der Waals surface area contributed by atoms with Crippen LogP contribution >= 0.6 is 11.6 Å². The van der Waals surface area contributed by atoms with Crippen LogP contribution < -0.4 is 0 Å². The van der Waals surface area contributed by atoms with E-state index in [1.165, 1.54) is 19.3 Å². The molecular weight excluding hydrogens is 424 g/mol. The average Bonchev–Trinajstić information content (AvgIpc) is 2.73. The van der Waals surface area contributed by atoms with Gasteiger partial charge in [-0.2, -0.15) is 0 Å². The molecule has 0 aromatic rings. The molecule has 0 bridgehead atoms. The van der Waals surface area contributed by atoms with Crippen molar-refractivity contribution in [2.75, 3.05) is 25.7 Å². The summed E-state index contributed by atoms with van der Waals surface area (Å²) in [6.07, 6.45) is 6.96. The fraction of sp³-hybridized carbons (Fsp3) is 0.870. The van der Waals surface area contributed by atoms with Crippen molar-refractivity contribution in [3.8, 4) is 0 Å². The van der Waals surface area contributed by atoms with Crippen molar-refractivity contribution in [3.63, 3.8) is 0 Å². The minimum Gasteiger partial charge on any atom is -0.466 e. The van der Waals surface area contributed by atoms with Crippen LogP contribution in [0.3, 0.4) is 0 Å². The van der Waals surface area contributed by atoms with Crippen molar-refractivity contribution in [1.82, 2.24) is 0 Å². The highest BCUT2D eigenvalue weighted by atomic mass is 35.5. The molecule has 1 N–H and O–H groups in total. The summed E-state index contributed by atoms with van der Waals surface area (Å²) in [6.45, 7) is 8.52. The Morgan fingerprint density at radius 3 is 1.39 bits per heavy atom. The lowest BCUT2D eigenvalue weighted by Gasteiger charge is -2.24. The number of rotatable bonds is 17. The van der Waals surface area contributed by atoms with Crippen molar-refractivity contribution in [2.24, 2.45) is 0 Å². The van der Waals surface area contributed by atoms with E-state index >= 15 is 0 Å². The summed E-state index contributed by atoms with van der Waals surface area (Å²) in [5.74, 6) is -1.66. The van der Waals surface area contributed by atoms with Crippen LogP contribution in [0, 0.1) is 0 Å². The van der Waals surface area contributed by atoms with E-state index in [1.807, 2.05) is 20.8 Å². The Labute approximate surface area is 193 Å². The molecule has 0 spiro atoms. The number of hydrogen-bond acceptors (Lipinski definition) is 7. The first-order valence-corrected chi connectivity index (χ1v) is 12.1. The zero-order valence-corrected chi connectivity index (χ0v) is 20.6. The van der Waals surface area contributed by atoms with Gasteiger partial charge in [-0.25, -0.2) is 4.79 Å². The second kappa shape index (κ2) is 21.9. The molecule has 0 amide bonds. The molecule has 0 unspecified atom stereocenters. The maximum Gasteiger partial charge on any atom is 0.339 e. The van der Waals surface area contributed by atoms with Gasteiger partial charge >= 0.3 is 17.9 Å². The number of ether oxygens (including phenoxy) is 3. The SMILES string of the molecule is CCCCCCl.CCCCOC(=O)CC(O)(CC(=O)OCCCC)C(=O)OCCCC. The molecule has 8 heteroatoms. The lowest BCUT2D eigenvalue weighted by molar-refractivity contribution is -0.178. The molecule has 0 radical (unpaired) electrons. The molecular formula is C23H43ClO7. The van der Waals surface area contributed by atoms with Crippen LogP contribution in [0.5, 0.6) is 0 Å². The smallest absolute Gasteiger partial charge is 0.339 e. The Hall–Kier alpha value is -1.34. The summed E-state index contributed by atoms with van der Waals surface area (Å²) in [7, 11) is 0. The van der Waals surface area contributed by atoms with E-state index in [1.54, 1.807) is 0 Å². The Kier molecular flexibility index (Phi) is 22.5. The van der Waals surface area contributed by atoms with Crippen LogP contribution in [-0.4, -0.2) is 54.3 Å². The van der Waals surface area contributed by atoms with Crippen molar-refractivity contribution < 1.29 is 33.7 Å². The minimum atomic E-state index is -2.26. The van der Waals surface area contributed by atoms with Gasteiger partial charge in [-0.1, -0.05) is 59.8 Å². The summed E-state index contributed by atoms with van der Waals surface area (Å²) in [5.41, 5.74) is -2.26. The van der Waals surface area contributed by atoms with E-state index in [9.17, 15) is 19.5 Å². The number of alkyl halides is 1. The van der Waals surface area contributed by atoms with E-state index in [4.69, 9.17) is 25.8 Å². The molecule has 7 nitrogen and oxygen atoms in total. The van der Waals surface area contributed by atoms with Gasteiger partial charge in [0.15, 0.2) is 5.60 Å². The lowest BCUT2D eigenvalue weighted by atomic mass is 9.95. The first kappa shape index (κ1) is 31.8. The summed E-state index contributed by atoms with van der Waals surface area (Å²) >= 11 is 5.38. The summed E-state index contributed by atoms with van der Waals surface area (Å²) < 4.78 is 14.9. The number of esters is 3. The topological polar surface area (TPSA) is 99.1 Å². The quantitative estimate of drug-likeness (QED) is 0.140. The van der Waals surface area contributed by atoms with Gasteiger partial charge in [-0.05, 0) is 25.7 Å². The minimum absolute atomic E-state index is 0.118. The normalized spacial score (nSPS) is 10.6. The first-order valence-electron chi connectivity index (χ1n) is 11.6. The molecule has 0 saturated heterocycles. The van der Waals surface area contributed by atoms with Gasteiger partial charge in [0.1, 0.15) is 0 Å². The van der Waals surface area contributed by atoms with Crippen LogP contribution in [0.1, 0.15) is 98.3 Å². The van der Waals surface area contributed by atoms with Crippen LogP contribution in [-0.2, 0) is 28.6 Å². The third-order valence-electron chi connectivity index (χ3n) is 4.24. The van der Waals surface area contributed by atoms with Crippen LogP contribution in [0.25, 0.3) is 0 Å². The Morgan fingerprint density at radius 1 is 0.677 bits per heavy atom. The van der Waals surface area contributed by atoms with E-state index < -0.39 is 36.4 Å². The van der Waals surface area contributed by atoms with Gasteiger partial charge < -0.3 is 19.3 Å². The van der Waals surface area contributed by atoms with Gasteiger partial charge in [0.25, 0.3) is 0 Å². The highest BCUT2D eigenvalue weighted by molar-refractivity contribution is 6.17. The van der Waals surface area contributed by atoms with E-state index in [-0.39, 0.29) is 19.8 Å². The van der Waals surface area contributed by atoms with Crippen LogP contribution in [0.4, 0.5) is 0 Å². The van der Waals surface area contributed by atoms with Crippen molar-refractivity contribution in [2.45, 2.75) is 104 Å². The van der Waals surface area contributed by atoms with Gasteiger partial charge in [-0.3, -0.25) is 9.59 Å². The second-order valence-electron chi connectivity index (χ2n) is 7.42. The van der Waals surface area contributed by atoms with Crippen molar-refractivity contribution in [1.29, 1.82) is 0 Å². The molecule has 31 heavy (non-hydrogen) atoms. The lowest BCUT2D eigenvalue weighted by Crippen LogP contribution is -2.45. The largest absolute Gasteiger partial charge is 0.466 e. The molecule has 0 fully saturated rings. The van der Waals surface area contributed by atoms with Crippen molar-refractivity contribution >= 4 is 29.5 Å². The molecule has 0 saturated carbocycles. The summed E-state index contributed by atoms with van der Waals surface area (Å²) in [6, 6.07) is 0. The number of unbranched alkanes of at least 4 members (excludes halogenated alkanes) is 5. The Bertz CT molecular complexity index is 441. The summed E-state index contributed by atoms with van der Waals surface area (Å²) in [5, 5.41) is 10.6. The third kappa shape index (κ3) is 19.1. The monoisotopic (exact) mass is 466 g/mol. The van der Waals surface area contributed by atoms with E-state index in [0.29, 0.717) is 19.3 Å². The molecule has 0 atom stereocenters. The molecule has 0 rings (SSSR count). The molecule has 0 heterocycles. The standard InChI is InChI=1S/C18H32O7.C5H11Cl/c1-4-7-10-23-15(19)13-18(22,17(21)25-12-9-6-3)14-16(20)24-11-8-5-2;1-2-3-4-5-6/h22H,4-14H2,1-3H3;2-5H2,1H3. The summed E-state index contributed by atoms with van der Waals surface area (Å²) in [4.78, 5) is 35.9. The van der Waals surface area contributed by atoms with Gasteiger partial charge in [0.05, 0.1) is 32.7 Å². The van der Waals surface area contributed by atoms with Gasteiger partial charge in [0, 0.05) is 5.88 Å². The predicted octanol–water partition coefficient (Wildman–Crippen LogP) is 4.94. The molecule has 0 aliphatic rings. The molecule has 184 valence electrons. The first-order chi connectivity index (χ1) is 14.8. The zero-order valence-electron chi connectivity index (χ0n) is 19.9. The number of carbonyl (C=O) groups is 3. The van der Waals surface area contributed by atoms with Crippen LogP contribution in [0.15, 0.2) is 0 Å². The van der Waals surface area contributed by atoms with Crippen LogP contribution in [0.2, 0.25) is 0 Å². The van der Waals surface area contributed by atoms with E-state index in [0.717, 1.165) is 25.1 Å². The highest BCUT2D eigenvalue weighted by Gasteiger charge is 2.43. The number of carbonyl (C=O) groups excluding carboxylic acids is 3. The molecule has 0 aromatic heterocycles. The predicted molar refractivity (Wildman–Crippen MR) is 122 cm³/mol. The zero-order chi connectivity index (χ0) is 24.0. The van der Waals surface area contributed by atoms with Crippen molar-refractivity contribution in [3.05, 3.63) is 0 Å². The Morgan fingerprint density at radius 2 is 1.06 bits per heavy atom. The average molecular weight is 467 g/mol. The molecule has 0 aromatic carbocycles. The third-order valence-corrected chi connectivity index (χ3v) is 4.51. The number of halogens is 1. The highest BCUT2D eigenvalue weighted by Crippen LogP contribution is 2.20. The van der Waals surface area contributed by atoms with Gasteiger partial charge in [0.2, 0.25) is 0 Å². The number of aliphatic hydroxyl groups is 1. The number of hydrogen-bond donors (Lipinski definition) is 1. The Balaban J connectivity index is 0. The maximum atomic E-state index is 12.2. The van der Waals surface area contributed by atoms with Gasteiger partial charge in [-0.15, -0.1) is 11.6 Å². The maximum absolute atomic E-state index is 12.2. The molecule has 0 aliphatic carbocycles. The fourth-order valence-electron chi connectivity index (χ4n) is 2.24.